The molecule has 0 spiro atoms. The number of benzene rings is 2. The van der Waals surface area contributed by atoms with Gasteiger partial charge in [-0.05, 0) is 11.6 Å². The lowest BCUT2D eigenvalue weighted by molar-refractivity contribution is -0.385. The van der Waals surface area contributed by atoms with Gasteiger partial charge in [-0.1, -0.05) is 12.1 Å². The summed E-state index contributed by atoms with van der Waals surface area (Å²) in [6.45, 7) is 2.45. The highest BCUT2D eigenvalue weighted by atomic mass is 32.2. The minimum absolute atomic E-state index is 0.0171. The number of rotatable bonds is 9. The number of anilines is 1. The number of thioether (sulfide) groups is 1. The summed E-state index contributed by atoms with van der Waals surface area (Å²) in [7, 11) is 0. The molecule has 168 valence electrons. The zero-order valence-corrected chi connectivity index (χ0v) is 17.8. The van der Waals surface area contributed by atoms with Gasteiger partial charge in [0.25, 0.3) is 11.4 Å². The zero-order chi connectivity index (χ0) is 22.9. The number of amides is 1. The molecule has 11 nitrogen and oxygen atoms in total. The van der Waals surface area contributed by atoms with E-state index in [1.54, 1.807) is 18.2 Å². The number of carbonyl (C=O) groups is 1. The first-order valence-corrected chi connectivity index (χ1v) is 10.8. The number of hydrazone groups is 1. The lowest BCUT2D eigenvalue weighted by Crippen LogP contribution is -2.36. The molecule has 12 heteroatoms. The van der Waals surface area contributed by atoms with E-state index >= 15 is 0 Å². The summed E-state index contributed by atoms with van der Waals surface area (Å²) in [6, 6.07) is 10.7. The van der Waals surface area contributed by atoms with Crippen LogP contribution in [0, 0.1) is 20.2 Å². The summed E-state index contributed by atoms with van der Waals surface area (Å²) in [5.41, 5.74) is 4.56. The molecule has 0 radical (unpaired) electrons. The summed E-state index contributed by atoms with van der Waals surface area (Å²) in [4.78, 5) is 35.0. The summed E-state index contributed by atoms with van der Waals surface area (Å²) in [6.07, 6.45) is 1.40. The molecule has 2 aromatic carbocycles. The van der Waals surface area contributed by atoms with Crippen molar-refractivity contribution in [1.82, 2.24) is 5.43 Å². The Kier molecular flexibility index (Phi) is 8.11. The molecule has 1 amide bonds. The molecule has 0 unspecified atom stereocenters. The average Bonchev–Trinajstić information content (AvgIpc) is 2.80. The van der Waals surface area contributed by atoms with Gasteiger partial charge in [0.1, 0.15) is 0 Å². The van der Waals surface area contributed by atoms with E-state index in [0.29, 0.717) is 37.6 Å². The van der Waals surface area contributed by atoms with Gasteiger partial charge in [0, 0.05) is 54.4 Å². The van der Waals surface area contributed by atoms with E-state index in [1.165, 1.54) is 42.2 Å². The highest BCUT2D eigenvalue weighted by Crippen LogP contribution is 2.25. The van der Waals surface area contributed by atoms with Crippen LogP contribution in [0.25, 0.3) is 0 Å². The molecule has 0 bridgehead atoms. The largest absolute Gasteiger partial charge is 0.378 e. The van der Waals surface area contributed by atoms with Gasteiger partial charge in [-0.15, -0.1) is 11.8 Å². The minimum Gasteiger partial charge on any atom is -0.378 e. The van der Waals surface area contributed by atoms with Crippen molar-refractivity contribution in [2.75, 3.05) is 37.0 Å². The Morgan fingerprint density at radius 1 is 1.09 bits per heavy atom. The van der Waals surface area contributed by atoms with Gasteiger partial charge in [-0.3, -0.25) is 25.0 Å². The number of morpholine rings is 1. The van der Waals surface area contributed by atoms with Crippen LogP contribution < -0.4 is 10.3 Å². The van der Waals surface area contributed by atoms with E-state index in [4.69, 9.17) is 4.74 Å². The Morgan fingerprint density at radius 2 is 1.75 bits per heavy atom. The van der Waals surface area contributed by atoms with Crippen molar-refractivity contribution in [2.24, 2.45) is 5.10 Å². The summed E-state index contributed by atoms with van der Waals surface area (Å²) in [5, 5.41) is 25.8. The molecule has 3 rings (SSSR count). The first-order chi connectivity index (χ1) is 15.4. The molecule has 1 aliphatic heterocycles. The van der Waals surface area contributed by atoms with Crippen molar-refractivity contribution in [3.63, 3.8) is 0 Å². The molecule has 32 heavy (non-hydrogen) atoms. The molecule has 2 aromatic rings. The van der Waals surface area contributed by atoms with Crippen LogP contribution >= 0.6 is 11.8 Å². The van der Waals surface area contributed by atoms with Crippen molar-refractivity contribution < 1.29 is 19.4 Å². The van der Waals surface area contributed by atoms with E-state index in [0.717, 1.165) is 11.3 Å². The number of non-ortho nitro benzene ring substituents is 2. The third-order valence-electron chi connectivity index (χ3n) is 4.62. The Labute approximate surface area is 187 Å². The monoisotopic (exact) mass is 459 g/mol. The van der Waals surface area contributed by atoms with E-state index in [-0.39, 0.29) is 23.0 Å². The number of nitro groups is 2. The van der Waals surface area contributed by atoms with Crippen LogP contribution in [0.1, 0.15) is 11.1 Å². The SMILES string of the molecule is O=C(CSCc1ccc([N+](=O)[O-])cc1)N/N=C\c1cc([N+](=O)[O-])ccc1N1CCOCC1. The van der Waals surface area contributed by atoms with Crippen LogP contribution in [0.5, 0.6) is 0 Å². The quantitative estimate of drug-likeness (QED) is 0.343. The topological polar surface area (TPSA) is 140 Å². The fourth-order valence-corrected chi connectivity index (χ4v) is 3.81. The van der Waals surface area contributed by atoms with Crippen LogP contribution in [-0.2, 0) is 15.3 Å². The third-order valence-corrected chi connectivity index (χ3v) is 5.62. The molecule has 1 aliphatic rings. The van der Waals surface area contributed by atoms with E-state index in [9.17, 15) is 25.0 Å². The zero-order valence-electron chi connectivity index (χ0n) is 17.0. The molecular weight excluding hydrogens is 438 g/mol. The smallest absolute Gasteiger partial charge is 0.270 e. The second-order valence-electron chi connectivity index (χ2n) is 6.81. The Balaban J connectivity index is 1.55. The van der Waals surface area contributed by atoms with Gasteiger partial charge in [-0.25, -0.2) is 5.43 Å². The normalized spacial score (nSPS) is 13.8. The van der Waals surface area contributed by atoms with Gasteiger partial charge < -0.3 is 9.64 Å². The summed E-state index contributed by atoms with van der Waals surface area (Å²) in [5.74, 6) is 0.326. The fraction of sp³-hybridized carbons (Fsp3) is 0.300. The Bertz CT molecular complexity index is 1010. The standard InChI is InChI=1S/C20H21N5O6S/c26-20(14-32-13-15-1-3-17(4-2-15)24(27)28)22-21-12-16-11-18(25(29)30)5-6-19(16)23-7-9-31-10-8-23/h1-6,11-12H,7-10,13-14H2,(H,22,26)/b21-12-. The van der Waals surface area contributed by atoms with Crippen molar-refractivity contribution in [2.45, 2.75) is 5.75 Å². The summed E-state index contributed by atoms with van der Waals surface area (Å²) < 4.78 is 5.35. The highest BCUT2D eigenvalue weighted by molar-refractivity contribution is 7.99. The molecule has 0 atom stereocenters. The van der Waals surface area contributed by atoms with E-state index < -0.39 is 9.85 Å². The van der Waals surface area contributed by atoms with E-state index in [1.807, 2.05) is 0 Å². The number of hydrogen-bond donors (Lipinski definition) is 1. The minimum atomic E-state index is -0.478. The fourth-order valence-electron chi connectivity index (χ4n) is 3.03. The van der Waals surface area contributed by atoms with Crippen molar-refractivity contribution in [3.8, 4) is 0 Å². The Morgan fingerprint density at radius 3 is 2.41 bits per heavy atom. The van der Waals surface area contributed by atoms with Crippen LogP contribution in [-0.4, -0.2) is 54.0 Å². The lowest BCUT2D eigenvalue weighted by Gasteiger charge is -2.29. The van der Waals surface area contributed by atoms with Crippen molar-refractivity contribution >= 4 is 40.9 Å². The van der Waals surface area contributed by atoms with Crippen LogP contribution in [0.2, 0.25) is 0 Å². The summed E-state index contributed by atoms with van der Waals surface area (Å²) >= 11 is 1.34. The first kappa shape index (κ1) is 23.2. The van der Waals surface area contributed by atoms with Crippen LogP contribution in [0.4, 0.5) is 17.1 Å². The number of carbonyl (C=O) groups excluding carboxylic acids is 1. The maximum Gasteiger partial charge on any atom is 0.270 e. The number of nitrogens with one attached hydrogen (secondary N) is 1. The second kappa shape index (κ2) is 11.2. The number of nitrogens with zero attached hydrogens (tertiary/aromatic N) is 4. The van der Waals surface area contributed by atoms with Crippen LogP contribution in [0.15, 0.2) is 47.6 Å². The molecular formula is C20H21N5O6S. The van der Waals surface area contributed by atoms with Gasteiger partial charge in [-0.2, -0.15) is 5.10 Å². The van der Waals surface area contributed by atoms with Gasteiger partial charge in [0.2, 0.25) is 5.91 Å². The molecule has 0 aliphatic carbocycles. The molecule has 0 aromatic heterocycles. The first-order valence-electron chi connectivity index (χ1n) is 9.68. The third kappa shape index (κ3) is 6.49. The van der Waals surface area contributed by atoms with Crippen LogP contribution in [0.3, 0.4) is 0 Å². The molecule has 1 N–H and O–H groups in total. The van der Waals surface area contributed by atoms with Gasteiger partial charge in [0.15, 0.2) is 0 Å². The lowest BCUT2D eigenvalue weighted by atomic mass is 10.1. The van der Waals surface area contributed by atoms with Gasteiger partial charge >= 0.3 is 0 Å². The highest BCUT2D eigenvalue weighted by Gasteiger charge is 2.17. The molecule has 1 saturated heterocycles. The Hall–Kier alpha value is -3.51. The molecule has 0 saturated carbocycles. The number of nitro benzene ring substituents is 2. The predicted octanol–water partition coefficient (Wildman–Crippen LogP) is 2.72. The van der Waals surface area contributed by atoms with E-state index in [2.05, 4.69) is 15.4 Å². The average molecular weight is 459 g/mol. The van der Waals surface area contributed by atoms with Crippen molar-refractivity contribution in [1.29, 1.82) is 0 Å². The number of hydrogen-bond acceptors (Lipinski definition) is 9. The second-order valence-corrected chi connectivity index (χ2v) is 7.79. The maximum atomic E-state index is 12.1. The number of ether oxygens (including phenoxy) is 1. The van der Waals surface area contributed by atoms with Crippen molar-refractivity contribution in [3.05, 3.63) is 73.8 Å². The maximum absolute atomic E-state index is 12.1. The van der Waals surface area contributed by atoms with Gasteiger partial charge in [0.05, 0.1) is 35.0 Å². The predicted molar refractivity (Wildman–Crippen MR) is 121 cm³/mol. The molecule has 1 fully saturated rings. The molecule has 1 heterocycles.